The summed E-state index contributed by atoms with van der Waals surface area (Å²) in [6.45, 7) is -0.125. The molecule has 0 fully saturated rings. The molecule has 0 aliphatic rings. The van der Waals surface area contributed by atoms with E-state index < -0.39 is 19.7 Å². The fraction of sp³-hybridized carbons (Fsp3) is 0.667. The van der Waals surface area contributed by atoms with Gasteiger partial charge in [-0.3, -0.25) is 15.0 Å². The van der Waals surface area contributed by atoms with Gasteiger partial charge in [0, 0.05) is 6.54 Å². The van der Waals surface area contributed by atoms with Gasteiger partial charge in [0.2, 0.25) is 5.96 Å². The zero-order valence-corrected chi connectivity index (χ0v) is 6.66. The average molecular weight is 182 g/mol. The Morgan fingerprint density at radius 2 is 2.09 bits per heavy atom. The third-order valence-electron chi connectivity index (χ3n) is 0.942. The predicted molar refractivity (Wildman–Crippen MR) is 39.7 cm³/mol. The minimum Gasteiger partial charge on any atom is -0.369 e. The van der Waals surface area contributed by atoms with Gasteiger partial charge in [0.05, 0.1) is 6.16 Å². The lowest BCUT2D eigenvalue weighted by atomic mass is 10.7. The molecule has 0 spiro atoms. The van der Waals surface area contributed by atoms with Gasteiger partial charge in [0.1, 0.15) is 0 Å². The summed E-state index contributed by atoms with van der Waals surface area (Å²) in [5.41, 5.74) is 4.90. The fourth-order valence-corrected chi connectivity index (χ4v) is 0.834. The van der Waals surface area contributed by atoms with Gasteiger partial charge in [-0.1, -0.05) is 0 Å². The molecule has 11 heavy (non-hydrogen) atoms. The molecule has 0 aromatic heterocycles. The van der Waals surface area contributed by atoms with Gasteiger partial charge in [-0.25, -0.2) is 5.84 Å². The Kier molecular flexibility index (Phi) is 3.47. The molecule has 0 saturated heterocycles. The lowest BCUT2D eigenvalue weighted by Gasteiger charge is -2.15. The first-order valence-corrected chi connectivity index (χ1v) is 4.53. The van der Waals surface area contributed by atoms with Crippen LogP contribution in [0.2, 0.25) is 0 Å². The lowest BCUT2D eigenvalue weighted by molar-refractivity contribution is 0.360. The van der Waals surface area contributed by atoms with Crippen molar-refractivity contribution in [1.29, 1.82) is 5.41 Å². The van der Waals surface area contributed by atoms with Gasteiger partial charge < -0.3 is 15.5 Å². The molecule has 0 radical (unpaired) electrons. The second-order valence-electron chi connectivity index (χ2n) is 1.97. The minimum absolute atomic E-state index is 0.125. The number of rotatable bonds is 3. The molecule has 0 aromatic rings. The number of hydrogen-bond donors (Lipinski definition) is 5. The van der Waals surface area contributed by atoms with Crippen molar-refractivity contribution < 1.29 is 14.4 Å². The molecular formula is C3H11N4O3P. The van der Waals surface area contributed by atoms with Crippen LogP contribution in [0.15, 0.2) is 0 Å². The quantitative estimate of drug-likeness (QED) is 0.115. The molecule has 0 saturated carbocycles. The summed E-state index contributed by atoms with van der Waals surface area (Å²) in [6.07, 6.45) is -0.400. The van der Waals surface area contributed by atoms with E-state index in [9.17, 15) is 4.57 Å². The number of nitrogens with one attached hydrogen (secondary N) is 1. The van der Waals surface area contributed by atoms with Crippen LogP contribution in [0, 0.1) is 5.41 Å². The number of nitrogens with zero attached hydrogens (tertiary/aromatic N) is 1. The van der Waals surface area contributed by atoms with Gasteiger partial charge >= 0.3 is 7.60 Å². The summed E-state index contributed by atoms with van der Waals surface area (Å²) in [5, 5.41) is 7.50. The van der Waals surface area contributed by atoms with Crippen LogP contribution in [0.3, 0.4) is 0 Å². The smallest absolute Gasteiger partial charge is 0.327 e. The molecule has 0 bridgehead atoms. The Morgan fingerprint density at radius 1 is 1.64 bits per heavy atom. The number of hydrazine groups is 1. The monoisotopic (exact) mass is 182 g/mol. The number of guanidine groups is 1. The van der Waals surface area contributed by atoms with E-state index >= 15 is 0 Å². The Bertz CT molecular complexity index is 189. The maximum absolute atomic E-state index is 10.3. The summed E-state index contributed by atoms with van der Waals surface area (Å²) in [7, 11) is -4.03. The van der Waals surface area contributed by atoms with Crippen molar-refractivity contribution in [2.75, 3.05) is 12.7 Å². The Morgan fingerprint density at radius 3 is 2.36 bits per heavy atom. The highest BCUT2D eigenvalue weighted by molar-refractivity contribution is 7.51. The summed E-state index contributed by atoms with van der Waals surface area (Å²) in [4.78, 5) is 16.7. The van der Waals surface area contributed by atoms with Crippen LogP contribution in [0.4, 0.5) is 0 Å². The molecule has 8 heteroatoms. The van der Waals surface area contributed by atoms with Crippen LogP contribution < -0.4 is 11.6 Å². The molecule has 66 valence electrons. The molecular weight excluding hydrogens is 171 g/mol. The van der Waals surface area contributed by atoms with E-state index in [1.165, 1.54) is 0 Å². The maximum atomic E-state index is 10.3. The van der Waals surface area contributed by atoms with Crippen molar-refractivity contribution in [1.82, 2.24) is 5.01 Å². The molecule has 0 aromatic carbocycles. The zero-order chi connectivity index (χ0) is 9.07. The van der Waals surface area contributed by atoms with Gasteiger partial charge in [-0.2, -0.15) is 0 Å². The highest BCUT2D eigenvalue weighted by Gasteiger charge is 2.14. The minimum atomic E-state index is -4.03. The summed E-state index contributed by atoms with van der Waals surface area (Å²) < 4.78 is 10.3. The van der Waals surface area contributed by atoms with E-state index in [4.69, 9.17) is 26.8 Å². The topological polar surface area (TPSA) is 137 Å². The summed E-state index contributed by atoms with van der Waals surface area (Å²) in [6, 6.07) is 0. The first-order valence-electron chi connectivity index (χ1n) is 2.74. The molecule has 7 nitrogen and oxygen atoms in total. The van der Waals surface area contributed by atoms with Crippen molar-refractivity contribution >= 4 is 13.6 Å². The molecule has 0 amide bonds. The fourth-order valence-electron chi connectivity index (χ4n) is 0.358. The van der Waals surface area contributed by atoms with Crippen molar-refractivity contribution in [3.8, 4) is 0 Å². The summed E-state index contributed by atoms with van der Waals surface area (Å²) >= 11 is 0. The molecule has 0 heterocycles. The van der Waals surface area contributed by atoms with E-state index in [1.807, 2.05) is 0 Å². The highest BCUT2D eigenvalue weighted by Crippen LogP contribution is 2.33. The van der Waals surface area contributed by atoms with Crippen LogP contribution in [-0.4, -0.2) is 33.5 Å². The van der Waals surface area contributed by atoms with Crippen molar-refractivity contribution in [2.24, 2.45) is 11.6 Å². The van der Waals surface area contributed by atoms with Gasteiger partial charge in [0.25, 0.3) is 0 Å². The highest BCUT2D eigenvalue weighted by atomic mass is 31.2. The van der Waals surface area contributed by atoms with E-state index in [0.717, 1.165) is 5.01 Å². The first kappa shape index (κ1) is 10.4. The maximum Gasteiger partial charge on any atom is 0.327 e. The largest absolute Gasteiger partial charge is 0.369 e. The van der Waals surface area contributed by atoms with Gasteiger partial charge in [-0.15, -0.1) is 0 Å². The molecule has 0 atom stereocenters. The van der Waals surface area contributed by atoms with Crippen LogP contribution in [0.25, 0.3) is 0 Å². The second-order valence-corrected chi connectivity index (χ2v) is 3.74. The average Bonchev–Trinajstić information content (AvgIpc) is 1.80. The normalized spacial score (nSPS) is 11.2. The van der Waals surface area contributed by atoms with Crippen LogP contribution in [0.1, 0.15) is 0 Å². The zero-order valence-electron chi connectivity index (χ0n) is 5.77. The summed E-state index contributed by atoms with van der Waals surface area (Å²) in [5.74, 6) is 4.65. The van der Waals surface area contributed by atoms with Gasteiger partial charge in [-0.05, 0) is 0 Å². The Hall–Kier alpha value is -0.620. The molecule has 0 aliphatic heterocycles. The lowest BCUT2D eigenvalue weighted by Crippen LogP contribution is -2.43. The third-order valence-corrected chi connectivity index (χ3v) is 1.72. The van der Waals surface area contributed by atoms with Crippen LogP contribution >= 0.6 is 7.60 Å². The van der Waals surface area contributed by atoms with Crippen molar-refractivity contribution in [3.63, 3.8) is 0 Å². The van der Waals surface area contributed by atoms with E-state index in [2.05, 4.69) is 0 Å². The Labute approximate surface area is 63.6 Å². The molecule has 0 unspecified atom stereocenters. The van der Waals surface area contributed by atoms with E-state index in [0.29, 0.717) is 0 Å². The first-order chi connectivity index (χ1) is 4.83. The third kappa shape index (κ3) is 5.81. The molecule has 7 N–H and O–H groups in total. The molecule has 0 rings (SSSR count). The Balaban J connectivity index is 3.72. The standard InChI is InChI=1S/C3H11N4O3P/c4-3(5)7(6)1-2-11(8,9)10/h1-2,6H2,(H3,4,5)(H2,8,9,10). The van der Waals surface area contributed by atoms with Crippen molar-refractivity contribution in [3.05, 3.63) is 0 Å². The van der Waals surface area contributed by atoms with Gasteiger partial charge in [0.15, 0.2) is 0 Å². The predicted octanol–water partition coefficient (Wildman–Crippen LogP) is -1.77. The van der Waals surface area contributed by atoms with E-state index in [-0.39, 0.29) is 6.54 Å². The van der Waals surface area contributed by atoms with Crippen LogP contribution in [0.5, 0.6) is 0 Å². The molecule has 0 aliphatic carbocycles. The number of nitrogens with two attached hydrogens (primary N) is 2. The second kappa shape index (κ2) is 3.68. The van der Waals surface area contributed by atoms with Crippen molar-refractivity contribution in [2.45, 2.75) is 0 Å². The SMILES string of the molecule is N=C(N)N(N)CCP(=O)(O)O. The number of hydrogen-bond acceptors (Lipinski definition) is 3. The van der Waals surface area contributed by atoms with Crippen LogP contribution in [-0.2, 0) is 4.57 Å². The van der Waals surface area contributed by atoms with E-state index in [1.54, 1.807) is 0 Å².